The van der Waals surface area contributed by atoms with Crippen molar-refractivity contribution in [2.24, 2.45) is 5.73 Å². The standard InChI is InChI=1S/C13H24N6OS/c1-9(2)15-13(3,11(14)20)8-21-12-16-17-18-19(12)10-6-4-5-7-10/h9-10,15H,4-8H2,1-3H3,(H2,14,20). The second kappa shape index (κ2) is 6.74. The van der Waals surface area contributed by atoms with Crippen molar-refractivity contribution in [2.75, 3.05) is 5.75 Å². The summed E-state index contributed by atoms with van der Waals surface area (Å²) >= 11 is 1.48. The minimum Gasteiger partial charge on any atom is -0.368 e. The number of primary amides is 1. The zero-order valence-electron chi connectivity index (χ0n) is 12.9. The molecule has 21 heavy (non-hydrogen) atoms. The number of nitrogens with one attached hydrogen (secondary N) is 1. The Balaban J connectivity index is 2.04. The number of amides is 1. The maximum atomic E-state index is 11.7. The Labute approximate surface area is 129 Å². The normalized spacial score (nSPS) is 19.0. The van der Waals surface area contributed by atoms with E-state index >= 15 is 0 Å². The number of tetrazole rings is 1. The Morgan fingerprint density at radius 1 is 1.52 bits per heavy atom. The van der Waals surface area contributed by atoms with Crippen LogP contribution in [0.15, 0.2) is 5.16 Å². The number of hydrogen-bond donors (Lipinski definition) is 2. The summed E-state index contributed by atoms with van der Waals surface area (Å²) < 4.78 is 1.90. The average molecular weight is 312 g/mol. The topological polar surface area (TPSA) is 98.7 Å². The highest BCUT2D eigenvalue weighted by Gasteiger charge is 2.33. The monoisotopic (exact) mass is 312 g/mol. The molecule has 1 atom stereocenters. The largest absolute Gasteiger partial charge is 0.368 e. The van der Waals surface area contributed by atoms with Gasteiger partial charge in [0.05, 0.1) is 6.04 Å². The third kappa shape index (κ3) is 3.94. The van der Waals surface area contributed by atoms with Gasteiger partial charge in [0.15, 0.2) is 0 Å². The lowest BCUT2D eigenvalue weighted by molar-refractivity contribution is -0.123. The van der Waals surface area contributed by atoms with Crippen LogP contribution >= 0.6 is 11.8 Å². The fourth-order valence-corrected chi connectivity index (χ4v) is 3.74. The van der Waals surface area contributed by atoms with E-state index in [1.165, 1.54) is 24.6 Å². The summed E-state index contributed by atoms with van der Waals surface area (Å²) in [6, 6.07) is 0.564. The summed E-state index contributed by atoms with van der Waals surface area (Å²) in [5, 5.41) is 16.0. The first-order valence-corrected chi connectivity index (χ1v) is 8.39. The first-order chi connectivity index (χ1) is 9.92. The molecule has 7 nitrogen and oxygen atoms in total. The van der Waals surface area contributed by atoms with Crippen LogP contribution in [0.1, 0.15) is 52.5 Å². The Morgan fingerprint density at radius 3 is 2.76 bits per heavy atom. The Kier molecular flexibility index (Phi) is 5.21. The summed E-state index contributed by atoms with van der Waals surface area (Å²) in [7, 11) is 0. The quantitative estimate of drug-likeness (QED) is 0.732. The van der Waals surface area contributed by atoms with E-state index in [4.69, 9.17) is 5.73 Å². The van der Waals surface area contributed by atoms with Gasteiger partial charge in [0.2, 0.25) is 11.1 Å². The van der Waals surface area contributed by atoms with E-state index in [0.29, 0.717) is 11.8 Å². The number of thioether (sulfide) groups is 1. The summed E-state index contributed by atoms with van der Waals surface area (Å²) in [6.45, 7) is 5.81. The third-order valence-corrected chi connectivity index (χ3v) is 5.02. The van der Waals surface area contributed by atoms with Gasteiger partial charge in [0, 0.05) is 11.8 Å². The third-order valence-electron chi connectivity index (χ3n) is 3.77. The molecule has 0 spiro atoms. The van der Waals surface area contributed by atoms with Crippen LogP contribution in [0.5, 0.6) is 0 Å². The van der Waals surface area contributed by atoms with Crippen LogP contribution in [0.3, 0.4) is 0 Å². The predicted octanol–water partition coefficient (Wildman–Crippen LogP) is 1.12. The zero-order valence-corrected chi connectivity index (χ0v) is 13.7. The van der Waals surface area contributed by atoms with Crippen molar-refractivity contribution in [1.82, 2.24) is 25.5 Å². The fourth-order valence-electron chi connectivity index (χ4n) is 2.69. The highest BCUT2D eigenvalue weighted by atomic mass is 32.2. The molecule has 3 N–H and O–H groups in total. The molecular formula is C13H24N6OS. The molecule has 1 aromatic rings. The smallest absolute Gasteiger partial charge is 0.238 e. The molecule has 1 fully saturated rings. The molecule has 2 rings (SSSR count). The maximum Gasteiger partial charge on any atom is 0.238 e. The number of rotatable bonds is 7. The molecule has 0 aliphatic heterocycles. The molecule has 0 radical (unpaired) electrons. The molecule has 1 heterocycles. The van der Waals surface area contributed by atoms with Crippen LogP contribution < -0.4 is 11.1 Å². The number of aromatic nitrogens is 4. The van der Waals surface area contributed by atoms with Gasteiger partial charge in [-0.3, -0.25) is 4.79 Å². The summed E-state index contributed by atoms with van der Waals surface area (Å²) in [5.74, 6) is 0.150. The number of hydrogen-bond acceptors (Lipinski definition) is 6. The van der Waals surface area contributed by atoms with Crippen LogP contribution in [0.4, 0.5) is 0 Å². The van der Waals surface area contributed by atoms with Gasteiger partial charge in [-0.1, -0.05) is 24.6 Å². The SMILES string of the molecule is CC(C)NC(C)(CSc1nnnn1C1CCCC1)C(N)=O. The van der Waals surface area contributed by atoms with E-state index < -0.39 is 5.54 Å². The molecule has 118 valence electrons. The molecule has 0 saturated heterocycles. The van der Waals surface area contributed by atoms with Gasteiger partial charge in [-0.15, -0.1) is 5.10 Å². The van der Waals surface area contributed by atoms with Crippen molar-refractivity contribution in [3.63, 3.8) is 0 Å². The first kappa shape index (κ1) is 16.2. The van der Waals surface area contributed by atoms with Crippen molar-refractivity contribution < 1.29 is 4.79 Å². The van der Waals surface area contributed by atoms with Crippen molar-refractivity contribution in [2.45, 2.75) is 69.2 Å². The molecule has 1 aliphatic rings. The maximum absolute atomic E-state index is 11.7. The van der Waals surface area contributed by atoms with Crippen LogP contribution in [-0.2, 0) is 4.79 Å². The highest BCUT2D eigenvalue weighted by molar-refractivity contribution is 7.99. The zero-order chi connectivity index (χ0) is 15.5. The van der Waals surface area contributed by atoms with Gasteiger partial charge in [0.25, 0.3) is 0 Å². The van der Waals surface area contributed by atoms with Crippen LogP contribution in [0.25, 0.3) is 0 Å². The number of carbonyl (C=O) groups excluding carboxylic acids is 1. The van der Waals surface area contributed by atoms with Gasteiger partial charge in [-0.05, 0) is 44.0 Å². The minimum atomic E-state index is -0.773. The summed E-state index contributed by atoms with van der Waals surface area (Å²) in [4.78, 5) is 11.7. The molecule has 0 bridgehead atoms. The second-order valence-corrected chi connectivity index (χ2v) is 7.07. The molecule has 1 aromatic heterocycles. The van der Waals surface area contributed by atoms with Crippen LogP contribution in [0.2, 0.25) is 0 Å². The van der Waals surface area contributed by atoms with Gasteiger partial charge in [-0.25, -0.2) is 4.68 Å². The van der Waals surface area contributed by atoms with E-state index in [-0.39, 0.29) is 11.9 Å². The van der Waals surface area contributed by atoms with E-state index in [0.717, 1.165) is 18.0 Å². The van der Waals surface area contributed by atoms with Crippen molar-refractivity contribution in [3.8, 4) is 0 Å². The van der Waals surface area contributed by atoms with Gasteiger partial charge < -0.3 is 11.1 Å². The van der Waals surface area contributed by atoms with Crippen LogP contribution in [-0.4, -0.2) is 43.4 Å². The van der Waals surface area contributed by atoms with E-state index in [1.54, 1.807) is 0 Å². The Bertz CT molecular complexity index is 485. The molecular weight excluding hydrogens is 288 g/mol. The molecule has 1 amide bonds. The minimum absolute atomic E-state index is 0.175. The van der Waals surface area contributed by atoms with Crippen molar-refractivity contribution in [3.05, 3.63) is 0 Å². The molecule has 1 unspecified atom stereocenters. The second-order valence-electron chi connectivity index (χ2n) is 6.13. The lowest BCUT2D eigenvalue weighted by atomic mass is 10.0. The van der Waals surface area contributed by atoms with Gasteiger partial charge >= 0.3 is 0 Å². The summed E-state index contributed by atoms with van der Waals surface area (Å²) in [6.07, 6.45) is 4.69. The fraction of sp³-hybridized carbons (Fsp3) is 0.846. The van der Waals surface area contributed by atoms with Crippen molar-refractivity contribution in [1.29, 1.82) is 0 Å². The molecule has 8 heteroatoms. The lowest BCUT2D eigenvalue weighted by Gasteiger charge is -2.29. The number of nitrogens with two attached hydrogens (primary N) is 1. The number of nitrogens with zero attached hydrogens (tertiary/aromatic N) is 4. The van der Waals surface area contributed by atoms with Crippen molar-refractivity contribution >= 4 is 17.7 Å². The van der Waals surface area contributed by atoms with E-state index in [1.807, 2.05) is 25.5 Å². The van der Waals surface area contributed by atoms with Gasteiger partial charge in [0.1, 0.15) is 5.54 Å². The highest BCUT2D eigenvalue weighted by Crippen LogP contribution is 2.32. The lowest BCUT2D eigenvalue weighted by Crippen LogP contribution is -2.57. The Morgan fingerprint density at radius 2 is 2.19 bits per heavy atom. The molecule has 1 saturated carbocycles. The molecule has 0 aromatic carbocycles. The molecule has 1 aliphatic carbocycles. The summed E-state index contributed by atoms with van der Waals surface area (Å²) in [5.41, 5.74) is 4.77. The average Bonchev–Trinajstić information content (AvgIpc) is 3.06. The van der Waals surface area contributed by atoms with E-state index in [2.05, 4.69) is 20.8 Å². The number of carbonyl (C=O) groups is 1. The van der Waals surface area contributed by atoms with E-state index in [9.17, 15) is 4.79 Å². The predicted molar refractivity (Wildman–Crippen MR) is 81.9 cm³/mol. The Hall–Kier alpha value is -1.15. The van der Waals surface area contributed by atoms with Crippen LogP contribution in [0, 0.1) is 0 Å². The van der Waals surface area contributed by atoms with Gasteiger partial charge in [-0.2, -0.15) is 0 Å². The first-order valence-electron chi connectivity index (χ1n) is 7.40.